The van der Waals surface area contributed by atoms with Crippen LogP contribution in [0.3, 0.4) is 0 Å². The highest BCUT2D eigenvalue weighted by Crippen LogP contribution is 2.37. The molecule has 0 radical (unpaired) electrons. The summed E-state index contributed by atoms with van der Waals surface area (Å²) in [4.78, 5) is 15.0. The first-order chi connectivity index (χ1) is 12.7. The number of benzene rings is 3. The average Bonchev–Trinajstić information content (AvgIpc) is 2.69. The topological polar surface area (TPSA) is 41.6 Å². The Kier molecular flexibility index (Phi) is 4.27. The SMILES string of the molecule is COc1ccc([C@H]2Nc3ccccc3C(=O)N2c2ccc(Cl)cc2)cc1. The first-order valence-corrected chi connectivity index (χ1v) is 8.64. The van der Waals surface area contributed by atoms with Gasteiger partial charge in [-0.2, -0.15) is 0 Å². The number of para-hydroxylation sites is 1. The van der Waals surface area contributed by atoms with Crippen molar-refractivity contribution in [1.82, 2.24) is 0 Å². The molecule has 0 aliphatic carbocycles. The zero-order valence-corrected chi connectivity index (χ0v) is 14.9. The molecule has 1 aliphatic heterocycles. The second-order valence-electron chi connectivity index (χ2n) is 6.02. The summed E-state index contributed by atoms with van der Waals surface area (Å²) in [7, 11) is 1.63. The lowest BCUT2D eigenvalue weighted by atomic mass is 10.0. The summed E-state index contributed by atoms with van der Waals surface area (Å²) in [6, 6.07) is 22.5. The first kappa shape index (κ1) is 16.5. The number of carbonyl (C=O) groups is 1. The minimum atomic E-state index is -0.329. The molecule has 0 saturated heterocycles. The van der Waals surface area contributed by atoms with Crippen LogP contribution in [-0.2, 0) is 0 Å². The smallest absolute Gasteiger partial charge is 0.262 e. The van der Waals surface area contributed by atoms with Crippen LogP contribution in [-0.4, -0.2) is 13.0 Å². The number of fused-ring (bicyclic) bond motifs is 1. The van der Waals surface area contributed by atoms with Gasteiger partial charge in [-0.05, 0) is 54.1 Å². The van der Waals surface area contributed by atoms with Crippen molar-refractivity contribution < 1.29 is 9.53 Å². The summed E-state index contributed by atoms with van der Waals surface area (Å²) in [6.45, 7) is 0. The molecule has 4 nitrogen and oxygen atoms in total. The molecule has 3 aromatic rings. The van der Waals surface area contributed by atoms with Gasteiger partial charge in [-0.25, -0.2) is 0 Å². The van der Waals surface area contributed by atoms with E-state index in [2.05, 4.69) is 5.32 Å². The largest absolute Gasteiger partial charge is 0.497 e. The van der Waals surface area contributed by atoms with Crippen LogP contribution in [0.1, 0.15) is 22.1 Å². The van der Waals surface area contributed by atoms with Gasteiger partial charge in [-0.1, -0.05) is 35.9 Å². The number of anilines is 2. The van der Waals surface area contributed by atoms with Crippen LogP contribution in [0, 0.1) is 0 Å². The zero-order chi connectivity index (χ0) is 18.1. The van der Waals surface area contributed by atoms with Crippen molar-refractivity contribution in [2.24, 2.45) is 0 Å². The van der Waals surface area contributed by atoms with Gasteiger partial charge in [-0.3, -0.25) is 9.69 Å². The highest BCUT2D eigenvalue weighted by molar-refractivity contribution is 6.30. The maximum atomic E-state index is 13.2. The van der Waals surface area contributed by atoms with Gasteiger partial charge in [0.1, 0.15) is 11.9 Å². The molecule has 1 aliphatic rings. The molecule has 1 heterocycles. The fourth-order valence-corrected chi connectivity index (χ4v) is 3.27. The van der Waals surface area contributed by atoms with E-state index in [-0.39, 0.29) is 12.1 Å². The Labute approximate surface area is 157 Å². The number of methoxy groups -OCH3 is 1. The molecular weight excluding hydrogens is 348 g/mol. The van der Waals surface area contributed by atoms with Crippen molar-refractivity contribution in [2.75, 3.05) is 17.3 Å². The molecule has 3 aromatic carbocycles. The summed E-state index contributed by atoms with van der Waals surface area (Å²) in [5.74, 6) is 0.719. The lowest BCUT2D eigenvalue weighted by molar-refractivity contribution is 0.0975. The molecule has 0 unspecified atom stereocenters. The number of amides is 1. The van der Waals surface area contributed by atoms with Crippen LogP contribution in [0.25, 0.3) is 0 Å². The Bertz CT molecular complexity index is 939. The number of nitrogens with one attached hydrogen (secondary N) is 1. The van der Waals surface area contributed by atoms with E-state index >= 15 is 0 Å². The van der Waals surface area contributed by atoms with Gasteiger partial charge in [0.25, 0.3) is 5.91 Å². The number of hydrogen-bond acceptors (Lipinski definition) is 3. The molecule has 0 saturated carbocycles. The molecule has 5 heteroatoms. The van der Waals surface area contributed by atoms with Gasteiger partial charge < -0.3 is 10.1 Å². The van der Waals surface area contributed by atoms with E-state index in [1.807, 2.05) is 60.7 Å². The number of ether oxygens (including phenoxy) is 1. The van der Waals surface area contributed by atoms with Crippen LogP contribution in [0.5, 0.6) is 5.75 Å². The Balaban J connectivity index is 1.82. The third-order valence-electron chi connectivity index (χ3n) is 4.46. The zero-order valence-electron chi connectivity index (χ0n) is 14.1. The minimum Gasteiger partial charge on any atom is -0.497 e. The Hall–Kier alpha value is -2.98. The number of rotatable bonds is 3. The summed E-state index contributed by atoms with van der Waals surface area (Å²) in [5.41, 5.74) is 3.21. The van der Waals surface area contributed by atoms with E-state index in [1.54, 1.807) is 24.1 Å². The Morgan fingerprint density at radius 3 is 2.35 bits per heavy atom. The second kappa shape index (κ2) is 6.73. The predicted molar refractivity (Wildman–Crippen MR) is 104 cm³/mol. The van der Waals surface area contributed by atoms with Crippen LogP contribution in [0.2, 0.25) is 5.02 Å². The highest BCUT2D eigenvalue weighted by Gasteiger charge is 2.33. The van der Waals surface area contributed by atoms with Gasteiger partial charge in [0.15, 0.2) is 0 Å². The van der Waals surface area contributed by atoms with E-state index in [0.717, 1.165) is 22.7 Å². The summed E-state index contributed by atoms with van der Waals surface area (Å²) < 4.78 is 5.24. The van der Waals surface area contributed by atoms with Crippen LogP contribution in [0.15, 0.2) is 72.8 Å². The number of halogens is 1. The van der Waals surface area contributed by atoms with Gasteiger partial charge in [-0.15, -0.1) is 0 Å². The number of carbonyl (C=O) groups excluding carboxylic acids is 1. The predicted octanol–water partition coefficient (Wildman–Crippen LogP) is 5.12. The monoisotopic (exact) mass is 364 g/mol. The quantitative estimate of drug-likeness (QED) is 0.701. The van der Waals surface area contributed by atoms with Crippen molar-refractivity contribution in [3.63, 3.8) is 0 Å². The molecular formula is C21H17ClN2O2. The molecule has 1 atom stereocenters. The van der Waals surface area contributed by atoms with Crippen molar-refractivity contribution >= 4 is 28.9 Å². The van der Waals surface area contributed by atoms with Crippen LogP contribution < -0.4 is 15.0 Å². The first-order valence-electron chi connectivity index (χ1n) is 8.26. The molecule has 26 heavy (non-hydrogen) atoms. The number of nitrogens with zero attached hydrogens (tertiary/aromatic N) is 1. The normalized spacial score (nSPS) is 16.0. The molecule has 1 N–H and O–H groups in total. The van der Waals surface area contributed by atoms with Crippen molar-refractivity contribution in [2.45, 2.75) is 6.17 Å². The maximum absolute atomic E-state index is 13.2. The number of hydrogen-bond donors (Lipinski definition) is 1. The van der Waals surface area contributed by atoms with Crippen LogP contribution in [0.4, 0.5) is 11.4 Å². The molecule has 0 fully saturated rings. The third kappa shape index (κ3) is 2.89. The van der Waals surface area contributed by atoms with E-state index < -0.39 is 0 Å². The molecule has 0 bridgehead atoms. The average molecular weight is 365 g/mol. The van der Waals surface area contributed by atoms with Crippen LogP contribution >= 0.6 is 11.6 Å². The lowest BCUT2D eigenvalue weighted by Crippen LogP contribution is -2.43. The second-order valence-corrected chi connectivity index (χ2v) is 6.45. The van der Waals surface area contributed by atoms with Crippen molar-refractivity contribution in [3.8, 4) is 5.75 Å². The molecule has 4 rings (SSSR count). The highest BCUT2D eigenvalue weighted by atomic mass is 35.5. The molecule has 130 valence electrons. The third-order valence-corrected chi connectivity index (χ3v) is 4.72. The summed E-state index contributed by atoms with van der Waals surface area (Å²) in [6.07, 6.45) is -0.329. The van der Waals surface area contributed by atoms with E-state index in [1.165, 1.54) is 0 Å². The van der Waals surface area contributed by atoms with Gasteiger partial charge in [0.05, 0.1) is 12.7 Å². The standard InChI is InChI=1S/C21H17ClN2O2/c1-26-17-12-6-14(7-13-17)20-23-19-5-3-2-4-18(19)21(25)24(20)16-10-8-15(22)9-11-16/h2-13,20,23H,1H3/t20-/m0/s1. The Morgan fingerprint density at radius 1 is 0.962 bits per heavy atom. The van der Waals surface area contributed by atoms with E-state index in [4.69, 9.17) is 16.3 Å². The van der Waals surface area contributed by atoms with Crippen molar-refractivity contribution in [1.29, 1.82) is 0 Å². The molecule has 0 aromatic heterocycles. The van der Waals surface area contributed by atoms with Gasteiger partial charge in [0, 0.05) is 16.4 Å². The van der Waals surface area contributed by atoms with Crippen molar-refractivity contribution in [3.05, 3.63) is 88.9 Å². The molecule has 1 amide bonds. The Morgan fingerprint density at radius 2 is 1.65 bits per heavy atom. The van der Waals surface area contributed by atoms with E-state index in [0.29, 0.717) is 10.6 Å². The van der Waals surface area contributed by atoms with Gasteiger partial charge >= 0.3 is 0 Å². The fraction of sp³-hybridized carbons (Fsp3) is 0.0952. The fourth-order valence-electron chi connectivity index (χ4n) is 3.14. The maximum Gasteiger partial charge on any atom is 0.262 e. The van der Waals surface area contributed by atoms with E-state index in [9.17, 15) is 4.79 Å². The minimum absolute atomic E-state index is 0.0532. The summed E-state index contributed by atoms with van der Waals surface area (Å²) >= 11 is 6.02. The lowest BCUT2D eigenvalue weighted by Gasteiger charge is -2.38. The summed E-state index contributed by atoms with van der Waals surface area (Å²) in [5, 5.41) is 4.11. The molecule has 0 spiro atoms. The van der Waals surface area contributed by atoms with Gasteiger partial charge in [0.2, 0.25) is 0 Å².